The number of ether oxygens (including phenoxy) is 2. The van der Waals surface area contributed by atoms with E-state index in [1.165, 1.54) is 17.0 Å². The molecule has 1 aromatic carbocycles. The first-order valence-electron chi connectivity index (χ1n) is 11.0. The van der Waals surface area contributed by atoms with E-state index >= 15 is 0 Å². The standard InChI is InChI=1S/C22H35N3O5S/c1-24(31(27)28)14-18-12-13-25(22(26)29-2)20(21(18)23)15-30-19-10-8-17(9-11-19)16-6-4-3-5-7-16/h3-7,17-21H,8-15,23H2,1-2H3,(H,27,28)/t17-,18?,19+,20-,21-/m0/s1. The molecular weight excluding hydrogens is 418 g/mol. The molecule has 0 bridgehead atoms. The maximum absolute atomic E-state index is 12.3. The molecule has 1 saturated carbocycles. The average molecular weight is 454 g/mol. The van der Waals surface area contributed by atoms with Gasteiger partial charge in [-0.15, -0.1) is 0 Å². The van der Waals surface area contributed by atoms with Crippen molar-refractivity contribution in [2.24, 2.45) is 11.7 Å². The van der Waals surface area contributed by atoms with E-state index in [-0.39, 0.29) is 24.1 Å². The van der Waals surface area contributed by atoms with Crippen LogP contribution in [0.5, 0.6) is 0 Å². The number of piperidine rings is 1. The summed E-state index contributed by atoms with van der Waals surface area (Å²) < 4.78 is 33.2. The Kier molecular flexibility index (Phi) is 8.85. The van der Waals surface area contributed by atoms with E-state index in [1.54, 1.807) is 11.9 Å². The highest BCUT2D eigenvalue weighted by Crippen LogP contribution is 2.34. The van der Waals surface area contributed by atoms with Crippen molar-refractivity contribution in [1.29, 1.82) is 0 Å². The first kappa shape index (κ1) is 24.1. The number of nitrogens with zero attached hydrogens (tertiary/aromatic N) is 2. The fourth-order valence-electron chi connectivity index (χ4n) is 4.86. The largest absolute Gasteiger partial charge is 0.453 e. The normalized spacial score (nSPS) is 30.2. The minimum Gasteiger partial charge on any atom is -0.453 e. The summed E-state index contributed by atoms with van der Waals surface area (Å²) in [6, 6.07) is 9.92. The van der Waals surface area contributed by atoms with Gasteiger partial charge in [-0.05, 0) is 49.5 Å². The molecule has 0 spiro atoms. The highest BCUT2D eigenvalue weighted by atomic mass is 32.2. The second kappa shape index (κ2) is 11.4. The van der Waals surface area contributed by atoms with Crippen molar-refractivity contribution in [3.63, 3.8) is 0 Å². The Hall–Kier alpha value is -1.52. The zero-order valence-corrected chi connectivity index (χ0v) is 19.2. The second-order valence-corrected chi connectivity index (χ2v) is 9.70. The summed E-state index contributed by atoms with van der Waals surface area (Å²) in [5.74, 6) is 0.563. The molecule has 0 aromatic heterocycles. The van der Waals surface area contributed by atoms with Gasteiger partial charge in [-0.25, -0.2) is 13.3 Å². The number of hydrogen-bond donors (Lipinski definition) is 2. The van der Waals surface area contributed by atoms with Crippen LogP contribution >= 0.6 is 0 Å². The summed E-state index contributed by atoms with van der Waals surface area (Å²) in [5.41, 5.74) is 7.92. The topological polar surface area (TPSA) is 105 Å². The zero-order chi connectivity index (χ0) is 22.4. The maximum atomic E-state index is 12.3. The van der Waals surface area contributed by atoms with Crippen LogP contribution in [-0.2, 0) is 20.7 Å². The van der Waals surface area contributed by atoms with Gasteiger partial charge >= 0.3 is 6.09 Å². The third-order valence-electron chi connectivity index (χ3n) is 6.74. The fourth-order valence-corrected chi connectivity index (χ4v) is 5.18. The molecule has 174 valence electrons. The minimum atomic E-state index is -2.04. The van der Waals surface area contributed by atoms with Crippen molar-refractivity contribution in [2.45, 2.75) is 56.2 Å². The highest BCUT2D eigenvalue weighted by molar-refractivity contribution is 7.76. The monoisotopic (exact) mass is 453 g/mol. The summed E-state index contributed by atoms with van der Waals surface area (Å²) >= 11 is -2.04. The molecule has 1 heterocycles. The van der Waals surface area contributed by atoms with Crippen molar-refractivity contribution in [2.75, 3.05) is 33.9 Å². The fraction of sp³-hybridized carbons (Fsp3) is 0.682. The van der Waals surface area contributed by atoms with E-state index in [4.69, 9.17) is 15.2 Å². The van der Waals surface area contributed by atoms with Gasteiger partial charge in [-0.1, -0.05) is 30.3 Å². The van der Waals surface area contributed by atoms with E-state index in [0.717, 1.165) is 25.7 Å². The quantitative estimate of drug-likeness (QED) is 0.615. The molecule has 2 unspecified atom stereocenters. The van der Waals surface area contributed by atoms with Gasteiger partial charge < -0.3 is 20.1 Å². The number of carbonyl (C=O) groups is 1. The smallest absolute Gasteiger partial charge is 0.409 e. The average Bonchev–Trinajstić information content (AvgIpc) is 2.79. The van der Waals surface area contributed by atoms with Crippen molar-refractivity contribution in [1.82, 2.24) is 9.21 Å². The van der Waals surface area contributed by atoms with Crippen molar-refractivity contribution in [3.8, 4) is 0 Å². The molecular formula is C22H35N3O5S. The first-order valence-corrected chi connectivity index (χ1v) is 12.1. The van der Waals surface area contributed by atoms with Crippen molar-refractivity contribution < 1.29 is 23.0 Å². The molecule has 1 amide bonds. The van der Waals surface area contributed by atoms with Crippen LogP contribution in [0.25, 0.3) is 0 Å². The third-order valence-corrected chi connectivity index (χ3v) is 7.43. The van der Waals surface area contributed by atoms with Crippen LogP contribution in [0.2, 0.25) is 0 Å². The molecule has 9 heteroatoms. The Morgan fingerprint density at radius 2 is 1.90 bits per heavy atom. The maximum Gasteiger partial charge on any atom is 0.409 e. The minimum absolute atomic E-state index is 0.00979. The van der Waals surface area contributed by atoms with E-state index < -0.39 is 17.4 Å². The van der Waals surface area contributed by atoms with Gasteiger partial charge in [0.15, 0.2) is 0 Å². The van der Waals surface area contributed by atoms with Crippen LogP contribution in [0.15, 0.2) is 30.3 Å². The van der Waals surface area contributed by atoms with Crippen molar-refractivity contribution >= 4 is 17.4 Å². The predicted molar refractivity (Wildman–Crippen MR) is 120 cm³/mol. The van der Waals surface area contributed by atoms with Crippen LogP contribution in [0, 0.1) is 5.92 Å². The molecule has 2 fully saturated rings. The highest BCUT2D eigenvalue weighted by Gasteiger charge is 2.40. The van der Waals surface area contributed by atoms with Crippen LogP contribution < -0.4 is 5.73 Å². The number of carbonyl (C=O) groups excluding carboxylic acids is 1. The lowest BCUT2D eigenvalue weighted by Gasteiger charge is -2.44. The lowest BCUT2D eigenvalue weighted by molar-refractivity contribution is -0.0321. The van der Waals surface area contributed by atoms with Gasteiger partial charge in [0.2, 0.25) is 11.3 Å². The molecule has 1 aliphatic heterocycles. The lowest BCUT2D eigenvalue weighted by Crippen LogP contribution is -2.61. The number of amides is 1. The van der Waals surface area contributed by atoms with E-state index in [2.05, 4.69) is 24.3 Å². The molecule has 3 N–H and O–H groups in total. The molecule has 31 heavy (non-hydrogen) atoms. The van der Waals surface area contributed by atoms with Crippen LogP contribution in [0.3, 0.4) is 0 Å². The second-order valence-electron chi connectivity index (χ2n) is 8.62. The molecule has 1 saturated heterocycles. The first-order chi connectivity index (χ1) is 14.9. The van der Waals surface area contributed by atoms with Gasteiger partial charge in [-0.2, -0.15) is 0 Å². The van der Waals surface area contributed by atoms with Gasteiger partial charge in [0.25, 0.3) is 0 Å². The number of nitrogens with two attached hydrogens (primary N) is 1. The van der Waals surface area contributed by atoms with Crippen molar-refractivity contribution in [3.05, 3.63) is 35.9 Å². The molecule has 4 atom stereocenters. The van der Waals surface area contributed by atoms with Crippen LogP contribution in [0.4, 0.5) is 4.79 Å². The van der Waals surface area contributed by atoms with Gasteiger partial charge in [0, 0.05) is 26.2 Å². The SMILES string of the molecule is COC(=O)N1CCC(CN(C)S(=O)O)[C@H](N)[C@@H]1CO[C@H]1CC[C@@H](c2ccccc2)CC1. The Labute approximate surface area is 187 Å². The Bertz CT molecular complexity index is 729. The number of likely N-dealkylation sites (tertiary alicyclic amines) is 1. The number of rotatable bonds is 7. The van der Waals surface area contributed by atoms with Crippen LogP contribution in [0.1, 0.15) is 43.6 Å². The van der Waals surface area contributed by atoms with E-state index in [0.29, 0.717) is 32.0 Å². The summed E-state index contributed by atoms with van der Waals surface area (Å²) in [6.07, 6.45) is 4.53. The number of methoxy groups -OCH3 is 1. The molecule has 1 aliphatic carbocycles. The summed E-state index contributed by atoms with van der Waals surface area (Å²) in [4.78, 5) is 13.9. The van der Waals surface area contributed by atoms with E-state index in [9.17, 15) is 13.6 Å². The van der Waals surface area contributed by atoms with Gasteiger partial charge in [0.1, 0.15) is 0 Å². The Balaban J connectivity index is 1.57. The number of benzene rings is 1. The zero-order valence-electron chi connectivity index (χ0n) is 18.4. The Morgan fingerprint density at radius 3 is 2.52 bits per heavy atom. The summed E-state index contributed by atoms with van der Waals surface area (Å²) in [7, 11) is 2.96. The molecule has 8 nitrogen and oxygen atoms in total. The molecule has 3 rings (SSSR count). The van der Waals surface area contributed by atoms with Gasteiger partial charge in [-0.3, -0.25) is 4.55 Å². The predicted octanol–water partition coefficient (Wildman–Crippen LogP) is 2.58. The molecule has 2 aliphatic rings. The third kappa shape index (κ3) is 6.26. The van der Waals surface area contributed by atoms with Crippen LogP contribution in [-0.4, -0.2) is 76.1 Å². The molecule has 1 aromatic rings. The van der Waals surface area contributed by atoms with E-state index in [1.807, 2.05) is 6.07 Å². The summed E-state index contributed by atoms with van der Waals surface area (Å²) in [6.45, 7) is 1.23. The molecule has 0 radical (unpaired) electrons. The lowest BCUT2D eigenvalue weighted by atomic mass is 9.82. The Morgan fingerprint density at radius 1 is 1.23 bits per heavy atom. The number of hydrogen-bond acceptors (Lipinski definition) is 5. The summed E-state index contributed by atoms with van der Waals surface area (Å²) in [5, 5.41) is 0. The van der Waals surface area contributed by atoms with Gasteiger partial charge in [0.05, 0.1) is 25.9 Å².